The highest BCUT2D eigenvalue weighted by molar-refractivity contribution is 7.09. The van der Waals surface area contributed by atoms with E-state index in [2.05, 4.69) is 27.6 Å². The zero-order valence-corrected chi connectivity index (χ0v) is 12.8. The Morgan fingerprint density at radius 1 is 1.23 bits per heavy atom. The van der Waals surface area contributed by atoms with Crippen molar-refractivity contribution in [1.29, 1.82) is 0 Å². The van der Waals surface area contributed by atoms with Crippen LogP contribution in [0.5, 0.6) is 0 Å². The number of rotatable bonds is 3. The fraction of sp³-hybridized carbons (Fsp3) is 0.235. The first kappa shape index (κ1) is 13.7. The molecule has 0 bridgehead atoms. The molecule has 0 fully saturated rings. The van der Waals surface area contributed by atoms with Gasteiger partial charge < -0.3 is 4.52 Å². The van der Waals surface area contributed by atoms with Crippen LogP contribution >= 0.6 is 11.3 Å². The van der Waals surface area contributed by atoms with Gasteiger partial charge in [0.05, 0.1) is 0 Å². The maximum atomic E-state index is 14.0. The van der Waals surface area contributed by atoms with Gasteiger partial charge in [-0.2, -0.15) is 0 Å². The van der Waals surface area contributed by atoms with Crippen LogP contribution in [0.25, 0.3) is 11.3 Å². The van der Waals surface area contributed by atoms with Crippen molar-refractivity contribution in [2.45, 2.75) is 19.5 Å². The van der Waals surface area contributed by atoms with Crippen LogP contribution in [-0.2, 0) is 19.5 Å². The van der Waals surface area contributed by atoms with Crippen LogP contribution in [0.15, 0.2) is 46.3 Å². The van der Waals surface area contributed by atoms with Crippen molar-refractivity contribution in [2.75, 3.05) is 6.54 Å². The second-order valence-corrected chi connectivity index (χ2v) is 6.49. The lowest BCUT2D eigenvalue weighted by Gasteiger charge is -2.25. The van der Waals surface area contributed by atoms with Gasteiger partial charge in [0.15, 0.2) is 0 Å². The first-order chi connectivity index (χ1) is 10.8. The third kappa shape index (κ3) is 2.46. The maximum Gasteiger partial charge on any atom is 0.143 e. The number of hydrogen-bond donors (Lipinski definition) is 0. The largest absolute Gasteiger partial charge is 0.360 e. The standard InChI is InChI=1S/C17H15FN2OS/c18-15-6-2-1-5-13(15)17-14-11-20(8-7-16(14)21-19-17)10-12-4-3-9-22-12/h1-6,9H,7-8,10-11H2. The minimum Gasteiger partial charge on any atom is -0.360 e. The zero-order chi connectivity index (χ0) is 14.9. The van der Waals surface area contributed by atoms with Gasteiger partial charge in [-0.3, -0.25) is 4.90 Å². The summed E-state index contributed by atoms with van der Waals surface area (Å²) in [6, 6.07) is 10.9. The van der Waals surface area contributed by atoms with E-state index in [0.717, 1.165) is 37.4 Å². The number of halogens is 1. The summed E-state index contributed by atoms with van der Waals surface area (Å²) in [4.78, 5) is 3.70. The summed E-state index contributed by atoms with van der Waals surface area (Å²) in [6.45, 7) is 2.61. The lowest BCUT2D eigenvalue weighted by molar-refractivity contribution is 0.230. The molecule has 4 rings (SSSR count). The Hall–Kier alpha value is -1.98. The molecule has 1 aliphatic heterocycles. The van der Waals surface area contributed by atoms with Gasteiger partial charge >= 0.3 is 0 Å². The Bertz CT molecular complexity index is 782. The van der Waals surface area contributed by atoms with Gasteiger partial charge in [-0.25, -0.2) is 4.39 Å². The normalized spacial score (nSPS) is 15.0. The van der Waals surface area contributed by atoms with E-state index in [0.29, 0.717) is 11.3 Å². The van der Waals surface area contributed by atoms with Crippen molar-refractivity contribution < 1.29 is 8.91 Å². The van der Waals surface area contributed by atoms with Crippen LogP contribution in [0.3, 0.4) is 0 Å². The van der Waals surface area contributed by atoms with E-state index < -0.39 is 0 Å². The minimum atomic E-state index is -0.256. The molecule has 5 heteroatoms. The van der Waals surface area contributed by atoms with Gasteiger partial charge in [-0.05, 0) is 23.6 Å². The molecule has 3 heterocycles. The second kappa shape index (κ2) is 5.66. The molecule has 0 N–H and O–H groups in total. The summed E-state index contributed by atoms with van der Waals surface area (Å²) in [7, 11) is 0. The Balaban J connectivity index is 1.64. The van der Waals surface area contributed by atoms with E-state index in [1.54, 1.807) is 23.5 Å². The van der Waals surface area contributed by atoms with Gasteiger partial charge in [0.1, 0.15) is 17.3 Å². The highest BCUT2D eigenvalue weighted by Gasteiger charge is 2.26. The van der Waals surface area contributed by atoms with Crippen molar-refractivity contribution in [3.05, 3.63) is 63.8 Å². The topological polar surface area (TPSA) is 29.3 Å². The Morgan fingerprint density at radius 2 is 2.14 bits per heavy atom. The second-order valence-electron chi connectivity index (χ2n) is 5.45. The molecule has 0 saturated carbocycles. The van der Waals surface area contributed by atoms with Crippen molar-refractivity contribution in [3.8, 4) is 11.3 Å². The zero-order valence-electron chi connectivity index (χ0n) is 12.0. The highest BCUT2D eigenvalue weighted by atomic mass is 32.1. The Kier molecular flexibility index (Phi) is 3.52. The molecule has 0 unspecified atom stereocenters. The van der Waals surface area contributed by atoms with Crippen LogP contribution in [0.2, 0.25) is 0 Å². The van der Waals surface area contributed by atoms with Crippen LogP contribution in [-0.4, -0.2) is 16.6 Å². The van der Waals surface area contributed by atoms with E-state index in [-0.39, 0.29) is 5.82 Å². The number of aromatic nitrogens is 1. The lowest BCUT2D eigenvalue weighted by Crippen LogP contribution is -2.29. The first-order valence-corrected chi connectivity index (χ1v) is 8.16. The van der Waals surface area contributed by atoms with Crippen molar-refractivity contribution in [2.24, 2.45) is 0 Å². The van der Waals surface area contributed by atoms with Gasteiger partial charge in [0.25, 0.3) is 0 Å². The quantitative estimate of drug-likeness (QED) is 0.729. The van der Waals surface area contributed by atoms with Gasteiger partial charge in [0, 0.05) is 42.1 Å². The highest BCUT2D eigenvalue weighted by Crippen LogP contribution is 2.32. The summed E-state index contributed by atoms with van der Waals surface area (Å²) in [5.41, 5.74) is 2.18. The van der Waals surface area contributed by atoms with Crippen LogP contribution in [0.4, 0.5) is 4.39 Å². The average Bonchev–Trinajstić information content (AvgIpc) is 3.17. The Labute approximate surface area is 132 Å². The van der Waals surface area contributed by atoms with Crippen molar-refractivity contribution >= 4 is 11.3 Å². The van der Waals surface area contributed by atoms with Gasteiger partial charge in [-0.15, -0.1) is 11.3 Å². The molecule has 3 nitrogen and oxygen atoms in total. The molecule has 0 radical (unpaired) electrons. The van der Waals surface area contributed by atoms with Crippen LogP contribution < -0.4 is 0 Å². The summed E-state index contributed by atoms with van der Waals surface area (Å²) in [5, 5.41) is 6.21. The molecule has 1 aliphatic rings. The molecule has 22 heavy (non-hydrogen) atoms. The number of fused-ring (bicyclic) bond motifs is 1. The molecular weight excluding hydrogens is 299 g/mol. The molecule has 112 valence electrons. The molecule has 0 aliphatic carbocycles. The smallest absolute Gasteiger partial charge is 0.143 e. The van der Waals surface area contributed by atoms with Crippen LogP contribution in [0, 0.1) is 5.82 Å². The summed E-state index contributed by atoms with van der Waals surface area (Å²) in [6.07, 6.45) is 0.822. The molecule has 0 spiro atoms. The van der Waals surface area contributed by atoms with Gasteiger partial charge in [-0.1, -0.05) is 23.4 Å². The SMILES string of the molecule is Fc1ccccc1-c1noc2c1CN(Cc1cccs1)CC2. The fourth-order valence-corrected chi connectivity index (χ4v) is 3.63. The first-order valence-electron chi connectivity index (χ1n) is 7.28. The lowest BCUT2D eigenvalue weighted by atomic mass is 10.0. The fourth-order valence-electron chi connectivity index (χ4n) is 2.89. The van der Waals surface area contributed by atoms with E-state index in [1.165, 1.54) is 10.9 Å². The monoisotopic (exact) mass is 314 g/mol. The minimum absolute atomic E-state index is 0.256. The molecule has 2 aromatic heterocycles. The van der Waals surface area contributed by atoms with E-state index in [4.69, 9.17) is 4.52 Å². The number of nitrogens with zero attached hydrogens (tertiary/aromatic N) is 2. The number of hydrogen-bond acceptors (Lipinski definition) is 4. The maximum absolute atomic E-state index is 14.0. The Morgan fingerprint density at radius 3 is 2.95 bits per heavy atom. The molecule has 3 aromatic rings. The summed E-state index contributed by atoms with van der Waals surface area (Å²) >= 11 is 1.76. The van der Waals surface area contributed by atoms with Crippen LogP contribution in [0.1, 0.15) is 16.2 Å². The third-order valence-corrected chi connectivity index (χ3v) is 4.86. The third-order valence-electron chi connectivity index (χ3n) is 3.99. The summed E-state index contributed by atoms with van der Waals surface area (Å²) < 4.78 is 19.5. The van der Waals surface area contributed by atoms with Crippen molar-refractivity contribution in [1.82, 2.24) is 10.1 Å². The average molecular weight is 314 g/mol. The predicted octanol–water partition coefficient (Wildman–Crippen LogP) is 4.10. The molecule has 0 amide bonds. The van der Waals surface area contributed by atoms with E-state index in [9.17, 15) is 4.39 Å². The number of benzene rings is 1. The predicted molar refractivity (Wildman–Crippen MR) is 84.0 cm³/mol. The van der Waals surface area contributed by atoms with Crippen molar-refractivity contribution in [3.63, 3.8) is 0 Å². The molecular formula is C17H15FN2OS. The van der Waals surface area contributed by atoms with E-state index in [1.807, 2.05) is 6.07 Å². The van der Waals surface area contributed by atoms with Gasteiger partial charge in [0.2, 0.25) is 0 Å². The summed E-state index contributed by atoms with van der Waals surface area (Å²) in [5.74, 6) is 0.634. The molecule has 1 aromatic carbocycles. The van der Waals surface area contributed by atoms with E-state index >= 15 is 0 Å². The number of thiophene rings is 1. The molecule has 0 saturated heterocycles. The molecule has 0 atom stereocenters.